The number of carbonyl (C=O) groups excluding carboxylic acids is 1. The average Bonchev–Trinajstić information content (AvgIpc) is 3.18. The standard InChI is InChI=1S/C21H23N3O2/c1-2-3-15-24(21(25)18-12-8-5-9-13-18)16-14-19-22-20(23-26-19)17-10-6-4-7-11-17/h4-13H,2-3,14-16H2,1H3. The van der Waals surface area contributed by atoms with Crippen molar-refractivity contribution in [3.63, 3.8) is 0 Å². The smallest absolute Gasteiger partial charge is 0.253 e. The molecule has 3 aromatic rings. The molecule has 1 amide bonds. The van der Waals surface area contributed by atoms with Crippen LogP contribution in [-0.4, -0.2) is 34.0 Å². The molecule has 134 valence electrons. The SMILES string of the molecule is CCCCN(CCc1nc(-c2ccccc2)no1)C(=O)c1ccccc1. The largest absolute Gasteiger partial charge is 0.339 e. The molecule has 0 spiro atoms. The van der Waals surface area contributed by atoms with E-state index in [0.717, 1.165) is 24.9 Å². The van der Waals surface area contributed by atoms with Gasteiger partial charge in [-0.15, -0.1) is 0 Å². The number of rotatable bonds is 8. The summed E-state index contributed by atoms with van der Waals surface area (Å²) < 4.78 is 5.36. The van der Waals surface area contributed by atoms with E-state index in [-0.39, 0.29) is 5.91 Å². The molecular formula is C21H23N3O2. The molecule has 0 saturated carbocycles. The Bertz CT molecular complexity index is 816. The molecule has 0 saturated heterocycles. The molecule has 1 aromatic heterocycles. The molecule has 26 heavy (non-hydrogen) atoms. The van der Waals surface area contributed by atoms with Gasteiger partial charge in [0, 0.05) is 30.6 Å². The van der Waals surface area contributed by atoms with Crippen LogP contribution in [0.5, 0.6) is 0 Å². The van der Waals surface area contributed by atoms with E-state index >= 15 is 0 Å². The van der Waals surface area contributed by atoms with Crippen LogP contribution in [0.1, 0.15) is 36.0 Å². The average molecular weight is 349 g/mol. The molecule has 0 atom stereocenters. The van der Waals surface area contributed by atoms with Gasteiger partial charge in [0.25, 0.3) is 5.91 Å². The Morgan fingerprint density at radius 1 is 1.00 bits per heavy atom. The van der Waals surface area contributed by atoms with Gasteiger partial charge in [-0.25, -0.2) is 0 Å². The van der Waals surface area contributed by atoms with E-state index in [0.29, 0.717) is 30.2 Å². The molecule has 3 rings (SSSR count). The lowest BCUT2D eigenvalue weighted by atomic mass is 10.2. The lowest BCUT2D eigenvalue weighted by Crippen LogP contribution is -2.33. The fourth-order valence-corrected chi connectivity index (χ4v) is 2.72. The molecule has 0 N–H and O–H groups in total. The first kappa shape index (κ1) is 17.9. The van der Waals surface area contributed by atoms with Gasteiger partial charge in [0.05, 0.1) is 0 Å². The number of aromatic nitrogens is 2. The molecule has 1 heterocycles. The lowest BCUT2D eigenvalue weighted by Gasteiger charge is -2.22. The third-order valence-corrected chi connectivity index (χ3v) is 4.19. The van der Waals surface area contributed by atoms with Gasteiger partial charge in [0.15, 0.2) is 0 Å². The Labute approximate surface area is 153 Å². The van der Waals surface area contributed by atoms with Crippen molar-refractivity contribution in [1.29, 1.82) is 0 Å². The molecule has 5 heteroatoms. The molecule has 0 aliphatic heterocycles. The molecule has 0 unspecified atom stereocenters. The predicted octanol–water partition coefficient (Wildman–Crippen LogP) is 4.22. The Morgan fingerprint density at radius 3 is 2.38 bits per heavy atom. The van der Waals surface area contributed by atoms with E-state index in [4.69, 9.17) is 4.52 Å². The van der Waals surface area contributed by atoms with E-state index in [2.05, 4.69) is 17.1 Å². The first-order valence-corrected chi connectivity index (χ1v) is 9.00. The maximum Gasteiger partial charge on any atom is 0.253 e. The van der Waals surface area contributed by atoms with Crippen LogP contribution in [0.3, 0.4) is 0 Å². The number of nitrogens with zero attached hydrogens (tertiary/aromatic N) is 3. The Hall–Kier alpha value is -2.95. The summed E-state index contributed by atoms with van der Waals surface area (Å²) in [5.41, 5.74) is 1.63. The predicted molar refractivity (Wildman–Crippen MR) is 101 cm³/mol. The quantitative estimate of drug-likeness (QED) is 0.611. The van der Waals surface area contributed by atoms with Crippen LogP contribution in [0.4, 0.5) is 0 Å². The van der Waals surface area contributed by atoms with E-state index < -0.39 is 0 Å². The summed E-state index contributed by atoms with van der Waals surface area (Å²) in [6, 6.07) is 19.1. The number of carbonyl (C=O) groups is 1. The van der Waals surface area contributed by atoms with Crippen LogP contribution in [-0.2, 0) is 6.42 Å². The molecule has 5 nitrogen and oxygen atoms in total. The second-order valence-electron chi connectivity index (χ2n) is 6.14. The highest BCUT2D eigenvalue weighted by Crippen LogP contribution is 2.15. The summed E-state index contributed by atoms with van der Waals surface area (Å²) in [6.45, 7) is 3.41. The third kappa shape index (κ3) is 4.57. The Morgan fingerprint density at radius 2 is 1.69 bits per heavy atom. The van der Waals surface area contributed by atoms with Gasteiger partial charge in [-0.3, -0.25) is 4.79 Å². The van der Waals surface area contributed by atoms with Crippen molar-refractivity contribution in [1.82, 2.24) is 15.0 Å². The molecule has 0 bridgehead atoms. The van der Waals surface area contributed by atoms with Crippen molar-refractivity contribution in [2.75, 3.05) is 13.1 Å². The van der Waals surface area contributed by atoms with E-state index in [1.54, 1.807) is 0 Å². The summed E-state index contributed by atoms with van der Waals surface area (Å²) in [7, 11) is 0. The second-order valence-corrected chi connectivity index (χ2v) is 6.14. The fourth-order valence-electron chi connectivity index (χ4n) is 2.72. The zero-order chi connectivity index (χ0) is 18.2. The second kappa shape index (κ2) is 8.94. The number of unbranched alkanes of at least 4 members (excludes halogenated alkanes) is 1. The van der Waals surface area contributed by atoms with Gasteiger partial charge < -0.3 is 9.42 Å². The van der Waals surface area contributed by atoms with E-state index in [1.165, 1.54) is 0 Å². The van der Waals surface area contributed by atoms with Crippen LogP contribution in [0.15, 0.2) is 65.2 Å². The van der Waals surface area contributed by atoms with Gasteiger partial charge in [-0.1, -0.05) is 67.0 Å². The normalized spacial score (nSPS) is 10.7. The van der Waals surface area contributed by atoms with Gasteiger partial charge in [0.2, 0.25) is 11.7 Å². The van der Waals surface area contributed by atoms with Crippen molar-refractivity contribution in [2.45, 2.75) is 26.2 Å². The molecule has 0 aliphatic carbocycles. The zero-order valence-electron chi connectivity index (χ0n) is 15.0. The van der Waals surface area contributed by atoms with Gasteiger partial charge in [0.1, 0.15) is 0 Å². The summed E-state index contributed by atoms with van der Waals surface area (Å²) in [4.78, 5) is 19.1. The Balaban J connectivity index is 1.66. The minimum Gasteiger partial charge on any atom is -0.339 e. The monoisotopic (exact) mass is 349 g/mol. The summed E-state index contributed by atoms with van der Waals surface area (Å²) in [6.07, 6.45) is 2.55. The van der Waals surface area contributed by atoms with E-state index in [9.17, 15) is 4.79 Å². The minimum atomic E-state index is 0.0434. The van der Waals surface area contributed by atoms with Crippen LogP contribution in [0, 0.1) is 0 Å². The highest BCUT2D eigenvalue weighted by Gasteiger charge is 2.17. The van der Waals surface area contributed by atoms with Gasteiger partial charge in [-0.2, -0.15) is 4.98 Å². The molecular weight excluding hydrogens is 326 g/mol. The highest BCUT2D eigenvalue weighted by atomic mass is 16.5. The van der Waals surface area contributed by atoms with Crippen LogP contribution >= 0.6 is 0 Å². The topological polar surface area (TPSA) is 59.2 Å². The maximum atomic E-state index is 12.8. The summed E-state index contributed by atoms with van der Waals surface area (Å²) >= 11 is 0. The number of amides is 1. The van der Waals surface area contributed by atoms with Crippen molar-refractivity contribution >= 4 is 5.91 Å². The first-order chi connectivity index (χ1) is 12.8. The van der Waals surface area contributed by atoms with Crippen molar-refractivity contribution in [3.8, 4) is 11.4 Å². The number of hydrogen-bond acceptors (Lipinski definition) is 4. The summed E-state index contributed by atoms with van der Waals surface area (Å²) in [5, 5.41) is 4.04. The van der Waals surface area contributed by atoms with E-state index in [1.807, 2.05) is 65.6 Å². The van der Waals surface area contributed by atoms with Gasteiger partial charge >= 0.3 is 0 Å². The molecule has 0 radical (unpaired) electrons. The van der Waals surface area contributed by atoms with Crippen molar-refractivity contribution < 1.29 is 9.32 Å². The van der Waals surface area contributed by atoms with Crippen LogP contribution in [0.2, 0.25) is 0 Å². The summed E-state index contributed by atoms with van der Waals surface area (Å²) in [5.74, 6) is 1.17. The van der Waals surface area contributed by atoms with Crippen molar-refractivity contribution in [2.24, 2.45) is 0 Å². The van der Waals surface area contributed by atoms with Crippen molar-refractivity contribution in [3.05, 3.63) is 72.1 Å². The molecule has 0 aliphatic rings. The fraction of sp³-hybridized carbons (Fsp3) is 0.286. The Kier molecular flexibility index (Phi) is 6.14. The maximum absolute atomic E-state index is 12.8. The van der Waals surface area contributed by atoms with Gasteiger partial charge in [-0.05, 0) is 18.6 Å². The first-order valence-electron chi connectivity index (χ1n) is 9.00. The molecule has 0 fully saturated rings. The van der Waals surface area contributed by atoms with Crippen LogP contribution < -0.4 is 0 Å². The number of benzene rings is 2. The lowest BCUT2D eigenvalue weighted by molar-refractivity contribution is 0.0752. The highest BCUT2D eigenvalue weighted by molar-refractivity contribution is 5.94. The molecule has 2 aromatic carbocycles. The minimum absolute atomic E-state index is 0.0434. The van der Waals surface area contributed by atoms with Crippen LogP contribution in [0.25, 0.3) is 11.4 Å². The number of hydrogen-bond donors (Lipinski definition) is 0. The zero-order valence-corrected chi connectivity index (χ0v) is 15.0. The third-order valence-electron chi connectivity index (χ3n) is 4.19.